The van der Waals surface area contributed by atoms with Gasteiger partial charge in [-0.25, -0.2) is 0 Å². The third kappa shape index (κ3) is 6.59. The monoisotopic (exact) mass is 652 g/mol. The largest absolute Gasteiger partial charge is 0.507 e. The number of phenolic OH excluding ortho intramolecular Hbond substituents is 3. The summed E-state index contributed by atoms with van der Waals surface area (Å²) < 4.78 is 33.2. The summed E-state index contributed by atoms with van der Waals surface area (Å²) >= 11 is 0. The predicted octanol–water partition coefficient (Wildman–Crippen LogP) is -1.85. The summed E-state index contributed by atoms with van der Waals surface area (Å²) in [6.45, 7) is -0.227. The van der Waals surface area contributed by atoms with Crippen molar-refractivity contribution in [1.29, 1.82) is 0 Å². The molecule has 3 heterocycles. The minimum Gasteiger partial charge on any atom is -0.507 e. The molecule has 0 radical (unpaired) electrons. The third-order valence-electron chi connectivity index (χ3n) is 7.53. The van der Waals surface area contributed by atoms with E-state index in [0.717, 1.165) is 25.1 Å². The van der Waals surface area contributed by atoms with Crippen molar-refractivity contribution in [3.05, 3.63) is 46.6 Å². The van der Waals surface area contributed by atoms with Crippen LogP contribution in [0.1, 0.15) is 6.92 Å². The molecule has 0 saturated carbocycles. The van der Waals surface area contributed by atoms with Crippen LogP contribution in [-0.2, 0) is 23.7 Å². The number of rotatable bonds is 8. The highest BCUT2D eigenvalue weighted by atomic mass is 16.8. The molecule has 5 rings (SSSR count). The lowest BCUT2D eigenvalue weighted by Gasteiger charge is -2.45. The number of hydrogen-bond donors (Lipinski definition) is 9. The summed E-state index contributed by atoms with van der Waals surface area (Å²) in [7, 11) is 0. The highest BCUT2D eigenvalue weighted by Crippen LogP contribution is 2.36. The number of fused-ring (bicyclic) bond motifs is 1. The zero-order valence-corrected chi connectivity index (χ0v) is 23.9. The second kappa shape index (κ2) is 13.4. The van der Waals surface area contributed by atoms with Gasteiger partial charge in [-0.2, -0.15) is 0 Å². The smallest absolute Gasteiger partial charge is 0.302 e. The van der Waals surface area contributed by atoms with Crippen molar-refractivity contribution in [2.45, 2.75) is 68.3 Å². The first-order valence-corrected chi connectivity index (χ1v) is 13.9. The van der Waals surface area contributed by atoms with Crippen LogP contribution in [0.25, 0.3) is 22.3 Å². The molecule has 0 spiro atoms. The number of aliphatic hydroxyl groups excluding tert-OH is 6. The van der Waals surface area contributed by atoms with Crippen LogP contribution in [0.15, 0.2) is 45.6 Å². The number of carbonyl (C=O) groups excluding carboxylic acids is 1. The van der Waals surface area contributed by atoms with Crippen molar-refractivity contribution >= 4 is 16.9 Å². The number of hydrogen-bond acceptors (Lipinski definition) is 17. The molecule has 1 aromatic heterocycles. The lowest BCUT2D eigenvalue weighted by molar-refractivity contribution is -0.358. The minimum atomic E-state index is -1.92. The van der Waals surface area contributed by atoms with E-state index in [-0.39, 0.29) is 28.0 Å². The Bertz CT molecular complexity index is 1620. The molecule has 2 fully saturated rings. The van der Waals surface area contributed by atoms with Crippen LogP contribution < -0.4 is 10.2 Å². The Morgan fingerprint density at radius 2 is 1.50 bits per heavy atom. The number of carbonyl (C=O) groups is 1. The number of aromatic hydroxyl groups is 3. The standard InChI is InChI=1S/C29H32O17/c1-10(31)41-9-20-23(37)24(38)26(40)28(45-20)46-27-25(39)22(36)19(8-30)44-29(27)42-12-5-15(34)21-16(35)7-17(43-18(21)6-12)11-2-3-13(32)14(33)4-11/h2-7,19-20,22-30,32-34,36-40H,8-9H2,1H3/t19-,20-,22-,23-,24+,25+,26-,27+,28+,29-/m1/s1. The summed E-state index contributed by atoms with van der Waals surface area (Å²) in [5.41, 5.74) is -0.666. The molecule has 17 heteroatoms. The van der Waals surface area contributed by atoms with Gasteiger partial charge in [0.2, 0.25) is 6.29 Å². The van der Waals surface area contributed by atoms with E-state index < -0.39 is 103 Å². The van der Waals surface area contributed by atoms with Gasteiger partial charge in [-0.05, 0) is 18.2 Å². The summed E-state index contributed by atoms with van der Waals surface area (Å²) in [5, 5.41) is 92.3. The first-order chi connectivity index (χ1) is 21.8. The van der Waals surface area contributed by atoms with Crippen LogP contribution in [0.3, 0.4) is 0 Å². The highest BCUT2D eigenvalue weighted by Gasteiger charge is 2.51. The minimum absolute atomic E-state index is 0.0501. The Balaban J connectivity index is 1.46. The molecule has 0 unspecified atom stereocenters. The van der Waals surface area contributed by atoms with Gasteiger partial charge in [0.15, 0.2) is 29.3 Å². The number of esters is 1. The topological polar surface area (TPSA) is 276 Å². The van der Waals surface area contributed by atoms with Gasteiger partial charge in [0.05, 0.1) is 6.61 Å². The molecule has 10 atom stereocenters. The lowest BCUT2D eigenvalue weighted by atomic mass is 9.97. The van der Waals surface area contributed by atoms with E-state index in [9.17, 15) is 55.5 Å². The summed E-state index contributed by atoms with van der Waals surface area (Å²) in [5.74, 6) is -2.48. The Morgan fingerprint density at radius 3 is 2.17 bits per heavy atom. The van der Waals surface area contributed by atoms with Crippen molar-refractivity contribution < 1.29 is 78.9 Å². The first-order valence-electron chi connectivity index (χ1n) is 13.9. The Kier molecular flexibility index (Phi) is 9.68. The Labute approximate surface area is 258 Å². The Morgan fingerprint density at radius 1 is 0.804 bits per heavy atom. The molecule has 46 heavy (non-hydrogen) atoms. The molecule has 2 aliphatic heterocycles. The first kappa shape index (κ1) is 33.3. The van der Waals surface area contributed by atoms with Gasteiger partial charge in [-0.3, -0.25) is 9.59 Å². The molecule has 0 amide bonds. The van der Waals surface area contributed by atoms with Crippen molar-refractivity contribution in [2.75, 3.05) is 13.2 Å². The van der Waals surface area contributed by atoms with Gasteiger partial charge >= 0.3 is 5.97 Å². The fourth-order valence-electron chi connectivity index (χ4n) is 5.08. The maximum atomic E-state index is 12.9. The van der Waals surface area contributed by atoms with E-state index in [4.69, 9.17) is 28.1 Å². The zero-order valence-electron chi connectivity index (χ0n) is 23.9. The van der Waals surface area contributed by atoms with Gasteiger partial charge in [-0.15, -0.1) is 0 Å². The van der Waals surface area contributed by atoms with Gasteiger partial charge < -0.3 is 74.1 Å². The summed E-state index contributed by atoms with van der Waals surface area (Å²) in [4.78, 5) is 24.1. The zero-order chi connectivity index (χ0) is 33.4. The molecular weight excluding hydrogens is 620 g/mol. The van der Waals surface area contributed by atoms with Gasteiger partial charge in [0.1, 0.15) is 77.6 Å². The number of ether oxygens (including phenoxy) is 5. The van der Waals surface area contributed by atoms with Crippen LogP contribution in [-0.4, -0.2) is 127 Å². The fourth-order valence-corrected chi connectivity index (χ4v) is 5.08. The normalized spacial score (nSPS) is 31.5. The molecular formula is C29H32O17. The van der Waals surface area contributed by atoms with Crippen LogP contribution >= 0.6 is 0 Å². The van der Waals surface area contributed by atoms with Crippen molar-refractivity contribution in [3.8, 4) is 34.3 Å². The molecule has 2 saturated heterocycles. The summed E-state index contributed by atoms with van der Waals surface area (Å²) in [6, 6.07) is 6.93. The third-order valence-corrected chi connectivity index (χ3v) is 7.53. The average Bonchev–Trinajstić information content (AvgIpc) is 3.00. The van der Waals surface area contributed by atoms with Crippen molar-refractivity contribution in [2.24, 2.45) is 0 Å². The van der Waals surface area contributed by atoms with E-state index in [1.807, 2.05) is 0 Å². The molecule has 250 valence electrons. The van der Waals surface area contributed by atoms with E-state index in [2.05, 4.69) is 0 Å². The van der Waals surface area contributed by atoms with Crippen molar-refractivity contribution in [1.82, 2.24) is 0 Å². The maximum Gasteiger partial charge on any atom is 0.302 e. The van der Waals surface area contributed by atoms with Gasteiger partial charge in [0.25, 0.3) is 0 Å². The van der Waals surface area contributed by atoms with E-state index in [1.165, 1.54) is 18.2 Å². The predicted molar refractivity (Wildman–Crippen MR) is 149 cm³/mol. The number of phenols is 3. The molecule has 3 aromatic rings. The maximum absolute atomic E-state index is 12.9. The van der Waals surface area contributed by atoms with Crippen molar-refractivity contribution in [3.63, 3.8) is 0 Å². The highest BCUT2D eigenvalue weighted by molar-refractivity contribution is 5.86. The molecule has 0 aliphatic carbocycles. The van der Waals surface area contributed by atoms with E-state index >= 15 is 0 Å². The van der Waals surface area contributed by atoms with E-state index in [1.54, 1.807) is 0 Å². The molecule has 2 aromatic carbocycles. The summed E-state index contributed by atoms with van der Waals surface area (Å²) in [6.07, 6.45) is -17.2. The molecule has 17 nitrogen and oxygen atoms in total. The number of aliphatic hydroxyl groups is 6. The van der Waals surface area contributed by atoms with Crippen LogP contribution in [0.5, 0.6) is 23.0 Å². The molecule has 2 aliphatic rings. The quantitative estimate of drug-likeness (QED) is 0.0954. The molecule has 0 bridgehead atoms. The second-order valence-electron chi connectivity index (χ2n) is 10.7. The Hall–Kier alpha value is -4.04. The van der Waals surface area contributed by atoms with Crippen LogP contribution in [0.2, 0.25) is 0 Å². The molecule has 9 N–H and O–H groups in total. The SMILES string of the molecule is CC(=O)OC[C@H]1O[C@@H](O[C@@H]2[C@H](Oc3cc(O)c4c(=O)cc(-c5ccc(O)c(O)c5)oc4c3)O[C@H](CO)[C@@H](O)[C@@H]2O)[C@H](O)[C@@H](O)[C@@H]1O. The lowest BCUT2D eigenvalue weighted by Crippen LogP contribution is -2.65. The van der Waals surface area contributed by atoms with Gasteiger partial charge in [0, 0.05) is 30.7 Å². The van der Waals surface area contributed by atoms with Gasteiger partial charge in [-0.1, -0.05) is 0 Å². The average molecular weight is 653 g/mol. The van der Waals surface area contributed by atoms with Crippen LogP contribution in [0, 0.1) is 0 Å². The van der Waals surface area contributed by atoms with E-state index in [0.29, 0.717) is 0 Å². The second-order valence-corrected chi connectivity index (χ2v) is 10.7. The fraction of sp³-hybridized carbons (Fsp3) is 0.448. The van der Waals surface area contributed by atoms with Crippen LogP contribution in [0.4, 0.5) is 0 Å². The number of benzene rings is 2.